The van der Waals surface area contributed by atoms with Crippen LogP contribution in [0.5, 0.6) is 0 Å². The zero-order valence-electron chi connectivity index (χ0n) is 14.2. The van der Waals surface area contributed by atoms with Gasteiger partial charge in [0, 0.05) is 31.6 Å². The molecule has 1 saturated heterocycles. The number of carboxylic acid groups (broad SMARTS) is 1. The van der Waals surface area contributed by atoms with Crippen LogP contribution in [-0.4, -0.2) is 58.4 Å². The first-order valence-corrected chi connectivity index (χ1v) is 8.23. The van der Waals surface area contributed by atoms with E-state index in [1.807, 2.05) is 31.2 Å². The Kier molecular flexibility index (Phi) is 5.95. The molecule has 0 saturated carbocycles. The number of carbonyl (C=O) groups excluding carboxylic acids is 2. The van der Waals surface area contributed by atoms with Crippen molar-refractivity contribution in [3.63, 3.8) is 0 Å². The van der Waals surface area contributed by atoms with Gasteiger partial charge < -0.3 is 14.9 Å². The number of carboxylic acids is 1. The maximum Gasteiger partial charge on any atom is 0.323 e. The molecule has 2 amide bonds. The van der Waals surface area contributed by atoms with Crippen molar-refractivity contribution in [2.45, 2.75) is 39.2 Å². The molecular weight excluding hydrogens is 308 g/mol. The maximum absolute atomic E-state index is 12.6. The Morgan fingerprint density at radius 3 is 2.62 bits per heavy atom. The topological polar surface area (TPSA) is 77.9 Å². The number of hydrogen-bond donors (Lipinski definition) is 1. The van der Waals surface area contributed by atoms with Crippen molar-refractivity contribution in [3.8, 4) is 0 Å². The molecule has 1 atom stereocenters. The molecule has 2 rings (SSSR count). The van der Waals surface area contributed by atoms with Gasteiger partial charge in [0.05, 0.1) is 0 Å². The minimum atomic E-state index is -1.01. The molecule has 6 nitrogen and oxygen atoms in total. The van der Waals surface area contributed by atoms with Crippen LogP contribution in [-0.2, 0) is 9.59 Å². The molecule has 0 aliphatic carbocycles. The molecule has 1 aliphatic rings. The highest BCUT2D eigenvalue weighted by Gasteiger charge is 2.27. The van der Waals surface area contributed by atoms with Crippen molar-refractivity contribution in [2.75, 3.05) is 19.6 Å². The number of likely N-dealkylation sites (tertiary alicyclic amines) is 1. The minimum absolute atomic E-state index is 0.00744. The van der Waals surface area contributed by atoms with E-state index in [-0.39, 0.29) is 24.4 Å². The number of aliphatic carboxylic acids is 1. The van der Waals surface area contributed by atoms with Gasteiger partial charge in [-0.05, 0) is 38.3 Å². The van der Waals surface area contributed by atoms with Crippen molar-refractivity contribution >= 4 is 17.8 Å². The second kappa shape index (κ2) is 7.95. The number of benzene rings is 1. The van der Waals surface area contributed by atoms with Crippen LogP contribution >= 0.6 is 0 Å². The average molecular weight is 332 g/mol. The van der Waals surface area contributed by atoms with Crippen molar-refractivity contribution in [1.82, 2.24) is 9.80 Å². The van der Waals surface area contributed by atoms with Gasteiger partial charge in [-0.3, -0.25) is 14.4 Å². The monoisotopic (exact) mass is 332 g/mol. The second-order valence-electron chi connectivity index (χ2n) is 6.29. The SMILES string of the molecule is CC(=O)N(CC(=O)O)C1CCCN(C(=O)c2cccc(C)c2)CC1. The van der Waals surface area contributed by atoms with Gasteiger partial charge in [-0.25, -0.2) is 0 Å². The van der Waals surface area contributed by atoms with Crippen LogP contribution in [0.2, 0.25) is 0 Å². The van der Waals surface area contributed by atoms with Gasteiger partial charge in [-0.15, -0.1) is 0 Å². The third-order valence-corrected chi connectivity index (χ3v) is 4.40. The number of hydrogen-bond acceptors (Lipinski definition) is 3. The Morgan fingerprint density at radius 1 is 1.25 bits per heavy atom. The molecule has 0 spiro atoms. The van der Waals surface area contributed by atoms with Crippen molar-refractivity contribution in [1.29, 1.82) is 0 Å². The van der Waals surface area contributed by atoms with Crippen molar-refractivity contribution in [2.24, 2.45) is 0 Å². The molecule has 0 bridgehead atoms. The van der Waals surface area contributed by atoms with E-state index in [9.17, 15) is 14.4 Å². The standard InChI is InChI=1S/C18H24N2O4/c1-13-5-3-6-15(11-13)18(24)19-9-4-7-16(8-10-19)20(14(2)21)12-17(22)23/h3,5-6,11,16H,4,7-10,12H2,1-2H3,(H,22,23). The number of carbonyl (C=O) groups is 3. The highest BCUT2D eigenvalue weighted by Crippen LogP contribution is 2.19. The summed E-state index contributed by atoms with van der Waals surface area (Å²) in [4.78, 5) is 38.6. The second-order valence-corrected chi connectivity index (χ2v) is 6.29. The summed E-state index contributed by atoms with van der Waals surface area (Å²) in [5, 5.41) is 8.99. The zero-order valence-corrected chi connectivity index (χ0v) is 14.2. The molecule has 0 radical (unpaired) electrons. The van der Waals surface area contributed by atoms with Gasteiger partial charge in [-0.1, -0.05) is 17.7 Å². The van der Waals surface area contributed by atoms with Crippen LogP contribution in [0.15, 0.2) is 24.3 Å². The Labute approximate surface area is 142 Å². The summed E-state index contributed by atoms with van der Waals surface area (Å²) in [6.07, 6.45) is 2.07. The molecule has 24 heavy (non-hydrogen) atoms. The van der Waals surface area contributed by atoms with Crippen LogP contribution < -0.4 is 0 Å². The Hall–Kier alpha value is -2.37. The van der Waals surface area contributed by atoms with Gasteiger partial charge in [0.1, 0.15) is 6.54 Å². The smallest absolute Gasteiger partial charge is 0.323 e. The van der Waals surface area contributed by atoms with Crippen LogP contribution in [0.1, 0.15) is 42.1 Å². The lowest BCUT2D eigenvalue weighted by atomic mass is 10.1. The summed E-state index contributed by atoms with van der Waals surface area (Å²) >= 11 is 0. The highest BCUT2D eigenvalue weighted by molar-refractivity contribution is 5.94. The molecule has 1 fully saturated rings. The molecular formula is C18H24N2O4. The normalized spacial score (nSPS) is 17.9. The van der Waals surface area contributed by atoms with Gasteiger partial charge >= 0.3 is 5.97 Å². The summed E-state index contributed by atoms with van der Waals surface area (Å²) in [6, 6.07) is 7.37. The van der Waals surface area contributed by atoms with Gasteiger partial charge in [0.2, 0.25) is 5.91 Å². The molecule has 0 aromatic heterocycles. The summed E-state index contributed by atoms with van der Waals surface area (Å²) in [5.74, 6) is -1.25. The van der Waals surface area contributed by atoms with E-state index in [0.29, 0.717) is 31.5 Å². The number of aryl methyl sites for hydroxylation is 1. The predicted octanol–water partition coefficient (Wildman–Crippen LogP) is 1.92. The summed E-state index contributed by atoms with van der Waals surface area (Å²) in [6.45, 7) is 4.21. The van der Waals surface area contributed by atoms with E-state index < -0.39 is 5.97 Å². The molecule has 1 heterocycles. The molecule has 6 heteroatoms. The third kappa shape index (κ3) is 4.57. The first-order valence-electron chi connectivity index (χ1n) is 8.23. The van der Waals surface area contributed by atoms with E-state index in [1.54, 1.807) is 4.90 Å². The summed E-state index contributed by atoms with van der Waals surface area (Å²) < 4.78 is 0. The number of nitrogens with zero attached hydrogens (tertiary/aromatic N) is 2. The zero-order chi connectivity index (χ0) is 17.7. The molecule has 1 aliphatic heterocycles. The molecule has 1 N–H and O–H groups in total. The molecule has 1 unspecified atom stereocenters. The predicted molar refractivity (Wildman–Crippen MR) is 89.7 cm³/mol. The lowest BCUT2D eigenvalue weighted by molar-refractivity contribution is -0.145. The molecule has 1 aromatic carbocycles. The summed E-state index contributed by atoms with van der Waals surface area (Å²) in [5.41, 5.74) is 1.71. The van der Waals surface area contributed by atoms with Crippen LogP contribution in [0.3, 0.4) is 0 Å². The minimum Gasteiger partial charge on any atom is -0.480 e. The van der Waals surface area contributed by atoms with E-state index in [2.05, 4.69) is 0 Å². The molecule has 130 valence electrons. The van der Waals surface area contributed by atoms with Gasteiger partial charge in [0.15, 0.2) is 0 Å². The van der Waals surface area contributed by atoms with Crippen molar-refractivity contribution < 1.29 is 19.5 Å². The van der Waals surface area contributed by atoms with Crippen LogP contribution in [0, 0.1) is 6.92 Å². The van der Waals surface area contributed by atoms with E-state index in [0.717, 1.165) is 12.0 Å². The van der Waals surface area contributed by atoms with Crippen molar-refractivity contribution in [3.05, 3.63) is 35.4 Å². The fourth-order valence-electron chi connectivity index (χ4n) is 3.20. The lowest BCUT2D eigenvalue weighted by Gasteiger charge is -2.28. The van der Waals surface area contributed by atoms with E-state index in [1.165, 1.54) is 11.8 Å². The van der Waals surface area contributed by atoms with Gasteiger partial charge in [-0.2, -0.15) is 0 Å². The fraction of sp³-hybridized carbons (Fsp3) is 0.500. The van der Waals surface area contributed by atoms with Crippen LogP contribution in [0.4, 0.5) is 0 Å². The fourth-order valence-corrected chi connectivity index (χ4v) is 3.20. The average Bonchev–Trinajstić information content (AvgIpc) is 2.77. The maximum atomic E-state index is 12.6. The van der Waals surface area contributed by atoms with Gasteiger partial charge in [0.25, 0.3) is 5.91 Å². The van der Waals surface area contributed by atoms with Crippen LogP contribution in [0.25, 0.3) is 0 Å². The first kappa shape index (κ1) is 18.0. The van der Waals surface area contributed by atoms with E-state index >= 15 is 0 Å². The lowest BCUT2D eigenvalue weighted by Crippen LogP contribution is -2.43. The first-order chi connectivity index (χ1) is 11.4. The number of amides is 2. The molecule has 1 aromatic rings. The Morgan fingerprint density at radius 2 is 2.00 bits per heavy atom. The summed E-state index contributed by atoms with van der Waals surface area (Å²) in [7, 11) is 0. The quantitative estimate of drug-likeness (QED) is 0.914. The highest BCUT2D eigenvalue weighted by atomic mass is 16.4. The Bertz CT molecular complexity index is 629. The Balaban J connectivity index is 2.05. The van der Waals surface area contributed by atoms with E-state index in [4.69, 9.17) is 5.11 Å². The number of rotatable bonds is 4. The largest absolute Gasteiger partial charge is 0.480 e. The third-order valence-electron chi connectivity index (χ3n) is 4.40.